The molecule has 1 aromatic carbocycles. The van der Waals surface area contributed by atoms with E-state index in [0.29, 0.717) is 30.4 Å². The van der Waals surface area contributed by atoms with Gasteiger partial charge in [0.1, 0.15) is 24.3 Å². The highest BCUT2D eigenvalue weighted by molar-refractivity contribution is 6.33. The number of nitrogens with zero attached hydrogens (tertiary/aromatic N) is 7. The predicted molar refractivity (Wildman–Crippen MR) is 174 cm³/mol. The van der Waals surface area contributed by atoms with Gasteiger partial charge in [-0.3, -0.25) is 14.4 Å². The number of fused-ring (bicyclic) bond motifs is 1. The molecule has 18 heteroatoms. The Hall–Kier alpha value is -5.03. The van der Waals surface area contributed by atoms with Crippen molar-refractivity contribution in [3.63, 3.8) is 0 Å². The number of piperazine rings is 1. The summed E-state index contributed by atoms with van der Waals surface area (Å²) in [6.45, 7) is 3.87. The first-order chi connectivity index (χ1) is 23.8. The van der Waals surface area contributed by atoms with Gasteiger partial charge in [0.25, 0.3) is 11.5 Å². The molecule has 2 aliphatic heterocycles. The molecule has 0 atom stereocenters. The molecule has 1 saturated heterocycles. The van der Waals surface area contributed by atoms with Crippen molar-refractivity contribution in [2.75, 3.05) is 49.6 Å². The normalized spacial score (nSPS) is 15.4. The molecule has 13 nitrogen and oxygen atoms in total. The van der Waals surface area contributed by atoms with Gasteiger partial charge in [-0.2, -0.15) is 22.8 Å². The summed E-state index contributed by atoms with van der Waals surface area (Å²) in [7, 11) is 0. The topological polar surface area (TPSA) is 147 Å². The minimum Gasteiger partial charge on any atom is -0.504 e. The van der Waals surface area contributed by atoms with E-state index in [4.69, 9.17) is 16.3 Å². The maximum atomic E-state index is 16.3. The van der Waals surface area contributed by atoms with Crippen molar-refractivity contribution in [1.82, 2.24) is 29.0 Å². The number of ether oxygens (including phenoxy) is 1. The number of benzene rings is 1. The Balaban J connectivity index is 1.38. The Morgan fingerprint density at radius 3 is 2.52 bits per heavy atom. The lowest BCUT2D eigenvalue weighted by Crippen LogP contribution is -2.51. The van der Waals surface area contributed by atoms with Crippen LogP contribution >= 0.6 is 11.6 Å². The molecule has 5 heterocycles. The van der Waals surface area contributed by atoms with E-state index in [1.807, 2.05) is 0 Å². The van der Waals surface area contributed by atoms with E-state index < -0.39 is 41.5 Å². The Bertz CT molecular complexity index is 2090. The van der Waals surface area contributed by atoms with Crippen molar-refractivity contribution in [1.29, 1.82) is 0 Å². The Morgan fingerprint density at radius 2 is 1.88 bits per heavy atom. The first kappa shape index (κ1) is 34.8. The Kier molecular flexibility index (Phi) is 9.54. The van der Waals surface area contributed by atoms with Gasteiger partial charge in [0, 0.05) is 31.9 Å². The second-order valence-electron chi connectivity index (χ2n) is 11.7. The molecule has 50 heavy (non-hydrogen) atoms. The van der Waals surface area contributed by atoms with Crippen molar-refractivity contribution in [2.24, 2.45) is 0 Å². The molecule has 4 aromatic rings. The molecule has 0 aliphatic carbocycles. The summed E-state index contributed by atoms with van der Waals surface area (Å²) in [6, 6.07) is 2.48. The summed E-state index contributed by atoms with van der Waals surface area (Å²) in [5.41, 5.74) is -0.999. The molecule has 3 aromatic heterocycles. The average molecular weight is 719 g/mol. The number of rotatable bonds is 7. The highest BCUT2D eigenvalue weighted by atomic mass is 35.5. The second kappa shape index (κ2) is 13.7. The highest BCUT2D eigenvalue weighted by Crippen LogP contribution is 2.34. The molecule has 2 N–H and O–H groups in total. The van der Waals surface area contributed by atoms with Crippen LogP contribution in [0.2, 0.25) is 5.02 Å². The van der Waals surface area contributed by atoms with Gasteiger partial charge in [-0.1, -0.05) is 24.6 Å². The standard InChI is InChI=1S/C32H31ClF4N8O5/c1-3-22-27(42-8-10-43(11-9-42)30(48)26-28(47)17(2)38-16-39-26)31(49)45-29(24(34)25(41-45)18-6-12-50-13-7-18)44(22)15-23(46)40-21-5-4-19(14-20(21)33)32(35,36)37/h4-6,14,16,47H,3,7-13,15H2,1-2H3,(H,40,46). The van der Waals surface area contributed by atoms with E-state index in [9.17, 15) is 32.7 Å². The number of nitrogens with one attached hydrogen (secondary N) is 1. The number of carbonyl (C=O) groups excluding carboxylic acids is 2. The number of anilines is 2. The van der Waals surface area contributed by atoms with Gasteiger partial charge in [0.2, 0.25) is 5.91 Å². The number of alkyl halides is 3. The van der Waals surface area contributed by atoms with Gasteiger partial charge in [-0.05, 0) is 43.5 Å². The van der Waals surface area contributed by atoms with Crippen LogP contribution < -0.4 is 15.8 Å². The fraction of sp³-hybridized carbons (Fsp3) is 0.375. The van der Waals surface area contributed by atoms with Gasteiger partial charge in [-0.15, -0.1) is 0 Å². The molecule has 264 valence electrons. The quantitative estimate of drug-likeness (QED) is 0.270. The summed E-state index contributed by atoms with van der Waals surface area (Å²) in [5, 5.41) is 16.8. The molecule has 0 saturated carbocycles. The summed E-state index contributed by atoms with van der Waals surface area (Å²) in [4.78, 5) is 51.8. The lowest BCUT2D eigenvalue weighted by Gasteiger charge is -2.36. The zero-order chi connectivity index (χ0) is 35.9. The first-order valence-electron chi connectivity index (χ1n) is 15.6. The Morgan fingerprint density at radius 1 is 1.14 bits per heavy atom. The number of aryl methyl sites for hydroxylation is 1. The minimum atomic E-state index is -4.65. The highest BCUT2D eigenvalue weighted by Gasteiger charge is 2.33. The number of carbonyl (C=O) groups is 2. The van der Waals surface area contributed by atoms with Crippen LogP contribution in [-0.2, 0) is 28.7 Å². The second-order valence-corrected chi connectivity index (χ2v) is 12.1. The van der Waals surface area contributed by atoms with Crippen molar-refractivity contribution < 1.29 is 37.0 Å². The summed E-state index contributed by atoms with van der Waals surface area (Å²) in [5.74, 6) is -2.42. The van der Waals surface area contributed by atoms with E-state index >= 15 is 4.39 Å². The van der Waals surface area contributed by atoms with Gasteiger partial charge in [0.15, 0.2) is 22.9 Å². The fourth-order valence-corrected chi connectivity index (χ4v) is 6.30. The van der Waals surface area contributed by atoms with Crippen LogP contribution in [0.1, 0.15) is 46.5 Å². The molecule has 0 spiro atoms. The molecule has 0 unspecified atom stereocenters. The lowest BCUT2D eigenvalue weighted by atomic mass is 10.1. The number of hydrogen-bond acceptors (Lipinski definition) is 9. The zero-order valence-electron chi connectivity index (χ0n) is 26.9. The molecule has 0 radical (unpaired) electrons. The molecule has 2 amide bonds. The van der Waals surface area contributed by atoms with Crippen LogP contribution in [0.25, 0.3) is 11.2 Å². The number of halogens is 5. The summed E-state index contributed by atoms with van der Waals surface area (Å²) >= 11 is 6.08. The molecule has 2 aliphatic rings. The van der Waals surface area contributed by atoms with Crippen LogP contribution in [0, 0.1) is 12.7 Å². The van der Waals surface area contributed by atoms with Crippen molar-refractivity contribution in [3.8, 4) is 5.75 Å². The van der Waals surface area contributed by atoms with Crippen LogP contribution in [0.5, 0.6) is 5.75 Å². The molecule has 1 fully saturated rings. The van der Waals surface area contributed by atoms with E-state index in [2.05, 4.69) is 20.4 Å². The first-order valence-corrected chi connectivity index (χ1v) is 16.0. The zero-order valence-corrected chi connectivity index (χ0v) is 27.6. The predicted octanol–water partition coefficient (Wildman–Crippen LogP) is 4.08. The number of amides is 2. The fourth-order valence-electron chi connectivity index (χ4n) is 6.07. The van der Waals surface area contributed by atoms with Crippen molar-refractivity contribution >= 4 is 46.0 Å². The largest absolute Gasteiger partial charge is 0.504 e. The van der Waals surface area contributed by atoms with Gasteiger partial charge >= 0.3 is 6.18 Å². The van der Waals surface area contributed by atoms with Crippen LogP contribution in [0.3, 0.4) is 0 Å². The van der Waals surface area contributed by atoms with Crippen molar-refractivity contribution in [3.05, 3.63) is 80.1 Å². The van der Waals surface area contributed by atoms with Gasteiger partial charge in [0.05, 0.1) is 35.2 Å². The third-order valence-corrected chi connectivity index (χ3v) is 8.93. The van der Waals surface area contributed by atoms with Crippen molar-refractivity contribution in [2.45, 2.75) is 39.4 Å². The Labute approximate surface area is 286 Å². The molecular formula is C32H31ClF4N8O5. The monoisotopic (exact) mass is 718 g/mol. The lowest BCUT2D eigenvalue weighted by molar-refractivity contribution is -0.137. The van der Waals surface area contributed by atoms with E-state index in [0.717, 1.165) is 16.6 Å². The summed E-state index contributed by atoms with van der Waals surface area (Å²) < 4.78 is 63.5. The average Bonchev–Trinajstić information content (AvgIpc) is 3.45. The summed E-state index contributed by atoms with van der Waals surface area (Å²) in [6.07, 6.45) is -1.30. The minimum absolute atomic E-state index is 0.0695. The molecular weight excluding hydrogens is 688 g/mol. The maximum Gasteiger partial charge on any atom is 0.416 e. The third-order valence-electron chi connectivity index (χ3n) is 8.62. The number of hydrogen-bond donors (Lipinski definition) is 2. The van der Waals surface area contributed by atoms with Crippen LogP contribution in [-0.4, -0.2) is 85.4 Å². The van der Waals surface area contributed by atoms with E-state index in [1.165, 1.54) is 15.8 Å². The van der Waals surface area contributed by atoms with Crippen LogP contribution in [0.15, 0.2) is 35.4 Å². The third kappa shape index (κ3) is 6.49. The maximum absolute atomic E-state index is 16.3. The molecule has 6 rings (SSSR count). The number of aromatic nitrogens is 5. The van der Waals surface area contributed by atoms with E-state index in [1.54, 1.807) is 24.8 Å². The number of aromatic hydroxyl groups is 1. The smallest absolute Gasteiger partial charge is 0.416 e. The molecule has 0 bridgehead atoms. The van der Waals surface area contributed by atoms with Crippen LogP contribution in [0.4, 0.5) is 28.9 Å². The SMILES string of the molecule is CCc1c(N2CCN(C(=O)c3ncnc(C)c3O)CC2)c(=O)n2nc(C3=CCOCC3)c(F)c2n1CC(=O)Nc1ccc(C(F)(F)F)cc1Cl. The van der Waals surface area contributed by atoms with Gasteiger partial charge in [-0.25, -0.2) is 14.4 Å². The van der Waals surface area contributed by atoms with E-state index in [-0.39, 0.29) is 84.1 Å². The van der Waals surface area contributed by atoms with Gasteiger partial charge < -0.3 is 29.5 Å².